The molecule has 1 heterocycles. The van der Waals surface area contributed by atoms with Crippen LogP contribution in [0.25, 0.3) is 12.2 Å². The Morgan fingerprint density at radius 2 is 1.93 bits per heavy atom. The Bertz CT molecular complexity index is 474. The molecule has 2 rings (SSSR count). The van der Waals surface area contributed by atoms with E-state index in [1.54, 1.807) is 11.3 Å². The maximum atomic E-state index is 5.60. The molecule has 0 aliphatic rings. The van der Waals surface area contributed by atoms with E-state index in [1.807, 2.05) is 42.6 Å². The maximum absolute atomic E-state index is 5.60. The molecule has 0 atom stereocenters. The fourth-order valence-electron chi connectivity index (χ4n) is 1.13. The van der Waals surface area contributed by atoms with Gasteiger partial charge in [0.25, 0.3) is 0 Å². The zero-order valence-corrected chi connectivity index (χ0v) is 10.3. The molecule has 15 heavy (non-hydrogen) atoms. The van der Waals surface area contributed by atoms with Gasteiger partial charge in [-0.25, -0.2) is 4.98 Å². The zero-order chi connectivity index (χ0) is 10.7. The number of benzene rings is 1. The van der Waals surface area contributed by atoms with Crippen molar-refractivity contribution in [3.8, 4) is 0 Å². The van der Waals surface area contributed by atoms with Crippen molar-refractivity contribution < 1.29 is 0 Å². The largest absolute Gasteiger partial charge is 0.399 e. The molecule has 2 aromatic rings. The first-order valence-electron chi connectivity index (χ1n) is 4.39. The van der Waals surface area contributed by atoms with Gasteiger partial charge in [0, 0.05) is 16.8 Å². The first-order valence-corrected chi connectivity index (χ1v) is 6.00. The summed E-state index contributed by atoms with van der Waals surface area (Å²) in [6, 6.07) is 7.76. The summed E-state index contributed by atoms with van der Waals surface area (Å²) in [5.41, 5.74) is 7.52. The summed E-state index contributed by atoms with van der Waals surface area (Å²) in [7, 11) is 0. The summed E-state index contributed by atoms with van der Waals surface area (Å²) >= 11 is 4.93. The molecule has 0 unspecified atom stereocenters. The van der Waals surface area contributed by atoms with Crippen molar-refractivity contribution in [2.75, 3.05) is 5.73 Å². The van der Waals surface area contributed by atoms with Crippen LogP contribution in [0.15, 0.2) is 34.4 Å². The second-order valence-electron chi connectivity index (χ2n) is 3.02. The lowest BCUT2D eigenvalue weighted by molar-refractivity contribution is 1.38. The fourth-order valence-corrected chi connectivity index (χ4v) is 2.33. The smallest absolute Gasteiger partial charge is 0.159 e. The molecule has 0 fully saturated rings. The van der Waals surface area contributed by atoms with Gasteiger partial charge in [-0.15, -0.1) is 11.3 Å². The number of hydrogen-bond acceptors (Lipinski definition) is 3. The molecule has 2 nitrogen and oxygen atoms in total. The molecule has 0 amide bonds. The molecule has 0 aliphatic carbocycles. The van der Waals surface area contributed by atoms with Gasteiger partial charge in [-0.1, -0.05) is 18.2 Å². The van der Waals surface area contributed by atoms with Crippen LogP contribution in [0.4, 0.5) is 5.69 Å². The zero-order valence-electron chi connectivity index (χ0n) is 7.85. The highest BCUT2D eigenvalue weighted by Gasteiger charge is 1.93. The number of nitrogens with two attached hydrogens (primary N) is 1. The Morgan fingerprint density at radius 1 is 1.20 bits per heavy atom. The Morgan fingerprint density at radius 3 is 2.53 bits per heavy atom. The van der Waals surface area contributed by atoms with Crippen molar-refractivity contribution in [3.63, 3.8) is 0 Å². The topological polar surface area (TPSA) is 38.9 Å². The van der Waals surface area contributed by atoms with Gasteiger partial charge in [-0.3, -0.25) is 0 Å². The van der Waals surface area contributed by atoms with Crippen molar-refractivity contribution in [1.29, 1.82) is 0 Å². The minimum absolute atomic E-state index is 0.785. The second kappa shape index (κ2) is 4.59. The number of halogens is 1. The molecule has 0 radical (unpaired) electrons. The normalized spacial score (nSPS) is 11.0. The molecular formula is C11H9BrN2S. The van der Waals surface area contributed by atoms with Gasteiger partial charge >= 0.3 is 0 Å². The van der Waals surface area contributed by atoms with Crippen molar-refractivity contribution in [1.82, 2.24) is 4.98 Å². The lowest BCUT2D eigenvalue weighted by atomic mass is 10.2. The molecule has 1 aromatic carbocycles. The van der Waals surface area contributed by atoms with E-state index in [-0.39, 0.29) is 0 Å². The Labute approximate surface area is 101 Å². The average Bonchev–Trinajstić information content (AvgIpc) is 2.64. The van der Waals surface area contributed by atoms with E-state index in [1.165, 1.54) is 0 Å². The maximum Gasteiger partial charge on any atom is 0.159 e. The number of nitrogen functional groups attached to an aromatic ring is 1. The van der Waals surface area contributed by atoms with E-state index < -0.39 is 0 Å². The van der Waals surface area contributed by atoms with Crippen LogP contribution in [0, 0.1) is 0 Å². The highest BCUT2D eigenvalue weighted by molar-refractivity contribution is 9.11. The van der Waals surface area contributed by atoms with Crippen molar-refractivity contribution in [2.24, 2.45) is 0 Å². The van der Waals surface area contributed by atoms with Crippen LogP contribution in [0.3, 0.4) is 0 Å². The molecular weight excluding hydrogens is 272 g/mol. The predicted octanol–water partition coefficient (Wildman–Crippen LogP) is 3.66. The molecule has 0 bridgehead atoms. The molecule has 4 heteroatoms. The standard InChI is InChI=1S/C11H9BrN2S/c12-11-14-7-10(15-11)6-3-8-1-4-9(13)5-2-8/h1-7H,13H2. The average molecular weight is 281 g/mol. The predicted molar refractivity (Wildman–Crippen MR) is 69.6 cm³/mol. The van der Waals surface area contributed by atoms with Crippen LogP contribution in [-0.2, 0) is 0 Å². The number of aromatic nitrogens is 1. The fraction of sp³-hybridized carbons (Fsp3) is 0. The Balaban J connectivity index is 2.14. The summed E-state index contributed by atoms with van der Waals surface area (Å²) in [6.07, 6.45) is 5.91. The third kappa shape index (κ3) is 2.91. The third-order valence-corrected chi connectivity index (χ3v) is 3.31. The van der Waals surface area contributed by atoms with Gasteiger partial charge in [0.15, 0.2) is 3.92 Å². The summed E-state index contributed by atoms with van der Waals surface area (Å²) in [5.74, 6) is 0. The van der Waals surface area contributed by atoms with Crippen LogP contribution in [-0.4, -0.2) is 4.98 Å². The van der Waals surface area contributed by atoms with Gasteiger partial charge in [0.05, 0.1) is 0 Å². The number of hydrogen-bond donors (Lipinski definition) is 1. The quantitative estimate of drug-likeness (QED) is 0.853. The van der Waals surface area contributed by atoms with Crippen LogP contribution in [0.5, 0.6) is 0 Å². The molecule has 0 spiro atoms. The molecule has 2 N–H and O–H groups in total. The van der Waals surface area contributed by atoms with Gasteiger partial charge in [-0.2, -0.15) is 0 Å². The van der Waals surface area contributed by atoms with Crippen molar-refractivity contribution in [3.05, 3.63) is 44.8 Å². The summed E-state index contributed by atoms with van der Waals surface area (Å²) in [5, 5.41) is 0. The number of anilines is 1. The lowest BCUT2D eigenvalue weighted by Crippen LogP contribution is -1.82. The number of nitrogens with zero attached hydrogens (tertiary/aromatic N) is 1. The minimum Gasteiger partial charge on any atom is -0.399 e. The van der Waals surface area contributed by atoms with Crippen molar-refractivity contribution >= 4 is 45.1 Å². The first-order chi connectivity index (χ1) is 7.24. The van der Waals surface area contributed by atoms with E-state index in [0.29, 0.717) is 0 Å². The highest BCUT2D eigenvalue weighted by Crippen LogP contribution is 2.20. The second-order valence-corrected chi connectivity index (χ2v) is 5.35. The van der Waals surface area contributed by atoms with Crippen LogP contribution < -0.4 is 5.73 Å². The molecule has 0 aliphatic heterocycles. The first kappa shape index (κ1) is 10.4. The summed E-state index contributed by atoms with van der Waals surface area (Å²) in [6.45, 7) is 0. The van der Waals surface area contributed by atoms with Crippen LogP contribution >= 0.6 is 27.3 Å². The van der Waals surface area contributed by atoms with Crippen molar-refractivity contribution in [2.45, 2.75) is 0 Å². The summed E-state index contributed by atoms with van der Waals surface area (Å²) < 4.78 is 0.902. The van der Waals surface area contributed by atoms with E-state index in [9.17, 15) is 0 Å². The van der Waals surface area contributed by atoms with E-state index in [0.717, 1.165) is 20.0 Å². The monoisotopic (exact) mass is 280 g/mol. The van der Waals surface area contributed by atoms with Crippen LogP contribution in [0.2, 0.25) is 0 Å². The molecule has 0 saturated carbocycles. The van der Waals surface area contributed by atoms with Crippen LogP contribution in [0.1, 0.15) is 10.4 Å². The Kier molecular flexibility index (Phi) is 3.18. The number of thiazole rings is 1. The molecule has 0 saturated heterocycles. The van der Waals surface area contributed by atoms with E-state index >= 15 is 0 Å². The molecule has 1 aromatic heterocycles. The van der Waals surface area contributed by atoms with E-state index in [4.69, 9.17) is 5.73 Å². The number of rotatable bonds is 2. The summed E-state index contributed by atoms with van der Waals surface area (Å²) in [4.78, 5) is 5.23. The highest BCUT2D eigenvalue weighted by atomic mass is 79.9. The Hall–Kier alpha value is -1.13. The van der Waals surface area contributed by atoms with Gasteiger partial charge in [-0.05, 0) is 39.7 Å². The van der Waals surface area contributed by atoms with Gasteiger partial charge in [0.2, 0.25) is 0 Å². The third-order valence-electron chi connectivity index (χ3n) is 1.87. The SMILES string of the molecule is Nc1ccc(C=Cc2cnc(Br)s2)cc1. The van der Waals surface area contributed by atoms with E-state index in [2.05, 4.69) is 20.9 Å². The van der Waals surface area contributed by atoms with Gasteiger partial charge in [0.1, 0.15) is 0 Å². The lowest BCUT2D eigenvalue weighted by Gasteiger charge is -1.93. The minimum atomic E-state index is 0.785. The molecule has 76 valence electrons. The van der Waals surface area contributed by atoms with Gasteiger partial charge < -0.3 is 5.73 Å².